The van der Waals surface area contributed by atoms with Crippen molar-refractivity contribution in [2.75, 3.05) is 0 Å². The molecule has 1 N–H and O–H groups in total. The van der Waals surface area contributed by atoms with Crippen LogP contribution in [-0.2, 0) is 6.54 Å². The minimum Gasteiger partial charge on any atom is -0.493 e. The van der Waals surface area contributed by atoms with E-state index in [1.165, 1.54) is 31.2 Å². The average molecular weight is 418 g/mol. The molecule has 2 rings (SSSR count). The summed E-state index contributed by atoms with van der Waals surface area (Å²) in [4.78, 5) is 22.7. The van der Waals surface area contributed by atoms with Crippen LogP contribution in [0.2, 0.25) is 0 Å². The fourth-order valence-electron chi connectivity index (χ4n) is 2.15. The molecule has 2 aromatic rings. The van der Waals surface area contributed by atoms with E-state index < -0.39 is 16.4 Å². The average Bonchev–Trinajstić information content (AvgIpc) is 2.60. The lowest BCUT2D eigenvalue weighted by Gasteiger charge is -2.11. The van der Waals surface area contributed by atoms with Crippen LogP contribution in [0.3, 0.4) is 0 Å². The molecular formula is C16H12BrN5O4. The van der Waals surface area contributed by atoms with Gasteiger partial charge in [0.25, 0.3) is 11.2 Å². The summed E-state index contributed by atoms with van der Waals surface area (Å²) in [5, 5.41) is 37.9. The molecule has 0 radical (unpaired) electrons. The zero-order valence-corrected chi connectivity index (χ0v) is 15.1. The molecule has 1 aromatic carbocycles. The normalized spacial score (nSPS) is 10.7. The standard InChI is InChI=1S/C16H12BrN5O4/c1-3-6-21-15(23)11(8-18)9(2)14(16(21)24)20-19-13-5-4-10(22(25)26)7-12(13)17/h3-5,7,23H,1,6H2,2H3. The Morgan fingerprint density at radius 2 is 2.19 bits per heavy atom. The van der Waals surface area contributed by atoms with E-state index >= 15 is 0 Å². The van der Waals surface area contributed by atoms with E-state index in [-0.39, 0.29) is 34.7 Å². The summed E-state index contributed by atoms with van der Waals surface area (Å²) in [6.45, 7) is 4.96. The molecular weight excluding hydrogens is 406 g/mol. The number of azo groups is 1. The smallest absolute Gasteiger partial charge is 0.281 e. The summed E-state index contributed by atoms with van der Waals surface area (Å²) in [7, 11) is 0. The minimum absolute atomic E-state index is 0.0105. The fourth-order valence-corrected chi connectivity index (χ4v) is 2.60. The first-order valence-corrected chi connectivity index (χ1v) is 7.94. The van der Waals surface area contributed by atoms with Gasteiger partial charge in [-0.1, -0.05) is 6.08 Å². The molecule has 0 bridgehead atoms. The largest absolute Gasteiger partial charge is 0.493 e. The van der Waals surface area contributed by atoms with Gasteiger partial charge in [-0.25, -0.2) is 0 Å². The first kappa shape index (κ1) is 19.0. The molecule has 26 heavy (non-hydrogen) atoms. The molecule has 0 aliphatic carbocycles. The van der Waals surface area contributed by atoms with Gasteiger partial charge in [0, 0.05) is 24.2 Å². The van der Waals surface area contributed by atoms with Crippen LogP contribution in [0.1, 0.15) is 11.1 Å². The zero-order valence-electron chi connectivity index (χ0n) is 13.5. The van der Waals surface area contributed by atoms with E-state index in [1.807, 2.05) is 6.07 Å². The molecule has 0 fully saturated rings. The number of nitro benzene ring substituents is 1. The van der Waals surface area contributed by atoms with Gasteiger partial charge < -0.3 is 5.11 Å². The predicted molar refractivity (Wildman–Crippen MR) is 97.0 cm³/mol. The van der Waals surface area contributed by atoms with Crippen molar-refractivity contribution in [1.82, 2.24) is 4.57 Å². The second-order valence-electron chi connectivity index (χ2n) is 5.08. The summed E-state index contributed by atoms with van der Waals surface area (Å²) in [5.41, 5.74) is -0.541. The molecule has 0 aliphatic heterocycles. The molecule has 0 saturated carbocycles. The van der Waals surface area contributed by atoms with E-state index in [0.717, 1.165) is 4.57 Å². The molecule has 10 heteroatoms. The first-order chi connectivity index (χ1) is 12.3. The van der Waals surface area contributed by atoms with Crippen LogP contribution < -0.4 is 5.56 Å². The van der Waals surface area contributed by atoms with E-state index in [2.05, 4.69) is 32.7 Å². The third-order valence-electron chi connectivity index (χ3n) is 3.48. The van der Waals surface area contributed by atoms with Gasteiger partial charge in [-0.3, -0.25) is 19.5 Å². The molecule has 132 valence electrons. The number of halogens is 1. The molecule has 0 unspecified atom stereocenters. The molecule has 0 amide bonds. The van der Waals surface area contributed by atoms with Gasteiger partial charge in [-0.05, 0) is 28.9 Å². The summed E-state index contributed by atoms with van der Waals surface area (Å²) in [6.07, 6.45) is 1.39. The number of aromatic nitrogens is 1. The van der Waals surface area contributed by atoms with Gasteiger partial charge >= 0.3 is 0 Å². The van der Waals surface area contributed by atoms with E-state index in [1.54, 1.807) is 0 Å². The number of hydrogen-bond donors (Lipinski definition) is 1. The summed E-state index contributed by atoms with van der Waals surface area (Å²) in [6, 6.07) is 5.71. The maximum absolute atomic E-state index is 12.5. The van der Waals surface area contributed by atoms with E-state index in [9.17, 15) is 25.3 Å². The molecule has 9 nitrogen and oxygen atoms in total. The Morgan fingerprint density at radius 3 is 2.73 bits per heavy atom. The predicted octanol–water partition coefficient (Wildman–Crippen LogP) is 4.01. The Labute approximate surface area is 155 Å². The van der Waals surface area contributed by atoms with Gasteiger partial charge in [0.1, 0.15) is 17.3 Å². The molecule has 1 heterocycles. The van der Waals surface area contributed by atoms with Crippen molar-refractivity contribution in [2.45, 2.75) is 13.5 Å². The van der Waals surface area contributed by atoms with Gasteiger partial charge in [0.2, 0.25) is 5.88 Å². The van der Waals surface area contributed by atoms with Crippen LogP contribution in [0.4, 0.5) is 17.1 Å². The van der Waals surface area contributed by atoms with Crippen molar-refractivity contribution in [2.24, 2.45) is 10.2 Å². The van der Waals surface area contributed by atoms with Gasteiger partial charge in [-0.2, -0.15) is 5.26 Å². The Kier molecular flexibility index (Phi) is 5.64. The lowest BCUT2D eigenvalue weighted by atomic mass is 10.1. The van der Waals surface area contributed by atoms with Gasteiger partial charge in [0.05, 0.1) is 9.40 Å². The summed E-state index contributed by atoms with van der Waals surface area (Å²) < 4.78 is 1.27. The number of aromatic hydroxyl groups is 1. The van der Waals surface area contributed by atoms with Crippen molar-refractivity contribution in [3.05, 3.63) is 66.9 Å². The van der Waals surface area contributed by atoms with Gasteiger partial charge in [-0.15, -0.1) is 16.8 Å². The van der Waals surface area contributed by atoms with Crippen LogP contribution in [0.15, 0.2) is 50.3 Å². The number of pyridine rings is 1. The van der Waals surface area contributed by atoms with Crippen molar-refractivity contribution < 1.29 is 10.0 Å². The number of benzene rings is 1. The van der Waals surface area contributed by atoms with Crippen LogP contribution in [-0.4, -0.2) is 14.6 Å². The molecule has 0 aliphatic rings. The number of nitrogens with zero attached hydrogens (tertiary/aromatic N) is 5. The second kappa shape index (κ2) is 7.71. The topological polar surface area (TPSA) is 134 Å². The SMILES string of the molecule is C=CCn1c(O)c(C#N)c(C)c(N=Nc2ccc([N+](=O)[O-])cc2Br)c1=O. The van der Waals surface area contributed by atoms with E-state index in [4.69, 9.17) is 0 Å². The summed E-state index contributed by atoms with van der Waals surface area (Å²) in [5.74, 6) is -0.467. The quantitative estimate of drug-likeness (QED) is 0.339. The van der Waals surface area contributed by atoms with Crippen molar-refractivity contribution in [3.63, 3.8) is 0 Å². The number of nitro groups is 1. The highest BCUT2D eigenvalue weighted by molar-refractivity contribution is 9.10. The Balaban J connectivity index is 2.60. The Hall–Kier alpha value is -3.32. The highest BCUT2D eigenvalue weighted by Crippen LogP contribution is 2.32. The first-order valence-electron chi connectivity index (χ1n) is 7.14. The monoisotopic (exact) mass is 417 g/mol. The van der Waals surface area contributed by atoms with Crippen LogP contribution in [0.5, 0.6) is 5.88 Å². The second-order valence-corrected chi connectivity index (χ2v) is 5.94. The van der Waals surface area contributed by atoms with Crippen molar-refractivity contribution >= 4 is 33.0 Å². The van der Waals surface area contributed by atoms with Crippen molar-refractivity contribution in [3.8, 4) is 11.9 Å². The summed E-state index contributed by atoms with van der Waals surface area (Å²) >= 11 is 3.16. The highest BCUT2D eigenvalue weighted by Gasteiger charge is 2.18. The Bertz CT molecular complexity index is 1040. The minimum atomic E-state index is -0.638. The third kappa shape index (κ3) is 3.52. The number of nitriles is 1. The lowest BCUT2D eigenvalue weighted by Crippen LogP contribution is -2.21. The van der Waals surface area contributed by atoms with E-state index in [0.29, 0.717) is 4.47 Å². The highest BCUT2D eigenvalue weighted by atomic mass is 79.9. The van der Waals surface area contributed by atoms with Gasteiger partial charge in [0.15, 0.2) is 5.69 Å². The molecule has 0 saturated heterocycles. The molecule has 0 atom stereocenters. The number of non-ortho nitro benzene ring substituents is 1. The number of rotatable bonds is 5. The maximum Gasteiger partial charge on any atom is 0.281 e. The molecule has 1 aromatic heterocycles. The fraction of sp³-hybridized carbons (Fsp3) is 0.125. The molecule has 0 spiro atoms. The maximum atomic E-state index is 12.5. The van der Waals surface area contributed by atoms with Crippen LogP contribution in [0.25, 0.3) is 0 Å². The number of allylic oxidation sites excluding steroid dienone is 1. The third-order valence-corrected chi connectivity index (χ3v) is 4.12. The Morgan fingerprint density at radius 1 is 1.50 bits per heavy atom. The van der Waals surface area contributed by atoms with Crippen LogP contribution in [0, 0.1) is 28.4 Å². The number of hydrogen-bond acceptors (Lipinski definition) is 7. The lowest BCUT2D eigenvalue weighted by molar-refractivity contribution is -0.384. The van der Waals surface area contributed by atoms with Crippen LogP contribution >= 0.6 is 15.9 Å². The van der Waals surface area contributed by atoms with Crippen molar-refractivity contribution in [1.29, 1.82) is 5.26 Å². The zero-order chi connectivity index (χ0) is 19.4.